The molecule has 1 unspecified atom stereocenters. The Morgan fingerprint density at radius 2 is 2.16 bits per heavy atom. The van der Waals surface area contributed by atoms with Crippen molar-refractivity contribution in [2.24, 2.45) is 0 Å². The molecule has 6 nitrogen and oxygen atoms in total. The molecule has 0 aromatic heterocycles. The van der Waals surface area contributed by atoms with Gasteiger partial charge in [0.05, 0.1) is 19.3 Å². The lowest BCUT2D eigenvalue weighted by atomic mass is 10.1. The number of carboxylic acids is 1. The van der Waals surface area contributed by atoms with E-state index in [-0.39, 0.29) is 37.0 Å². The van der Waals surface area contributed by atoms with Crippen LogP contribution in [0.4, 0.5) is 8.78 Å². The molecule has 1 saturated heterocycles. The number of hydrogen-bond donors (Lipinski definition) is 1. The lowest BCUT2D eigenvalue weighted by Gasteiger charge is -2.34. The molecule has 2 rings (SSSR count). The zero-order chi connectivity index (χ0) is 18.4. The van der Waals surface area contributed by atoms with E-state index in [2.05, 4.69) is 0 Å². The van der Waals surface area contributed by atoms with Crippen LogP contribution >= 0.6 is 0 Å². The Bertz CT molecular complexity index is 627. The number of halogens is 2. The molecule has 0 aliphatic carbocycles. The summed E-state index contributed by atoms with van der Waals surface area (Å²) >= 11 is 0. The van der Waals surface area contributed by atoms with Crippen LogP contribution in [-0.4, -0.2) is 72.7 Å². The third-order valence-corrected chi connectivity index (χ3v) is 4.05. The molecule has 1 aromatic carbocycles. The molecular weight excluding hydrogens is 334 g/mol. The van der Waals surface area contributed by atoms with Gasteiger partial charge in [0.15, 0.2) is 11.6 Å². The van der Waals surface area contributed by atoms with E-state index in [1.807, 2.05) is 0 Å². The number of morpholine rings is 1. The van der Waals surface area contributed by atoms with E-state index in [4.69, 9.17) is 9.84 Å². The molecule has 1 heterocycles. The SMILES string of the molecule is CN(CC(=O)O)CC1CN(C(=O)CCc2cccc(F)c2F)CCO1. The fourth-order valence-electron chi connectivity index (χ4n) is 2.84. The van der Waals surface area contributed by atoms with Gasteiger partial charge in [0, 0.05) is 26.1 Å². The number of benzene rings is 1. The van der Waals surface area contributed by atoms with E-state index in [0.717, 1.165) is 6.07 Å². The Morgan fingerprint density at radius 1 is 1.40 bits per heavy atom. The number of ether oxygens (including phenoxy) is 1. The summed E-state index contributed by atoms with van der Waals surface area (Å²) in [5.41, 5.74) is 0.180. The van der Waals surface area contributed by atoms with Crippen LogP contribution in [0.5, 0.6) is 0 Å². The minimum Gasteiger partial charge on any atom is -0.480 e. The lowest BCUT2D eigenvalue weighted by molar-refractivity contribution is -0.142. The molecule has 0 radical (unpaired) electrons. The molecule has 0 spiro atoms. The van der Waals surface area contributed by atoms with Gasteiger partial charge in [-0.05, 0) is 25.1 Å². The Balaban J connectivity index is 1.84. The second-order valence-electron chi connectivity index (χ2n) is 6.14. The first-order valence-electron chi connectivity index (χ1n) is 8.09. The molecule has 138 valence electrons. The highest BCUT2D eigenvalue weighted by atomic mass is 19.2. The molecule has 1 fully saturated rings. The van der Waals surface area contributed by atoms with E-state index >= 15 is 0 Å². The smallest absolute Gasteiger partial charge is 0.317 e. The first-order valence-corrected chi connectivity index (χ1v) is 8.09. The third-order valence-electron chi connectivity index (χ3n) is 4.05. The summed E-state index contributed by atoms with van der Waals surface area (Å²) in [6.07, 6.45) is -0.0607. The van der Waals surface area contributed by atoms with Gasteiger partial charge in [-0.3, -0.25) is 14.5 Å². The van der Waals surface area contributed by atoms with Gasteiger partial charge in [0.25, 0.3) is 0 Å². The fourth-order valence-corrected chi connectivity index (χ4v) is 2.84. The number of aryl methyl sites for hydroxylation is 1. The van der Waals surface area contributed by atoms with Crippen molar-refractivity contribution in [2.75, 3.05) is 39.8 Å². The number of likely N-dealkylation sites (N-methyl/N-ethyl adjacent to an activating group) is 1. The van der Waals surface area contributed by atoms with Crippen LogP contribution in [0.1, 0.15) is 12.0 Å². The van der Waals surface area contributed by atoms with Crippen molar-refractivity contribution in [3.8, 4) is 0 Å². The first kappa shape index (κ1) is 19.3. The summed E-state index contributed by atoms with van der Waals surface area (Å²) in [5, 5.41) is 8.77. The number of nitrogens with zero attached hydrogens (tertiary/aromatic N) is 2. The molecule has 1 amide bonds. The van der Waals surface area contributed by atoms with Crippen LogP contribution in [0.15, 0.2) is 18.2 Å². The Labute approximate surface area is 145 Å². The molecular formula is C17H22F2N2O4. The van der Waals surface area contributed by atoms with Crippen molar-refractivity contribution in [3.63, 3.8) is 0 Å². The second-order valence-corrected chi connectivity index (χ2v) is 6.14. The van der Waals surface area contributed by atoms with Crippen molar-refractivity contribution < 1.29 is 28.2 Å². The van der Waals surface area contributed by atoms with Crippen LogP contribution in [0.3, 0.4) is 0 Å². The predicted molar refractivity (Wildman–Crippen MR) is 86.1 cm³/mol. The maximum atomic E-state index is 13.6. The van der Waals surface area contributed by atoms with Crippen molar-refractivity contribution in [1.82, 2.24) is 9.80 Å². The van der Waals surface area contributed by atoms with Crippen LogP contribution in [-0.2, 0) is 20.7 Å². The van der Waals surface area contributed by atoms with Gasteiger partial charge in [-0.2, -0.15) is 0 Å². The molecule has 1 aromatic rings. The van der Waals surface area contributed by atoms with Gasteiger partial charge in [-0.1, -0.05) is 12.1 Å². The summed E-state index contributed by atoms with van der Waals surface area (Å²) in [6.45, 7) is 1.45. The fraction of sp³-hybridized carbons (Fsp3) is 0.529. The normalized spacial score (nSPS) is 17.8. The van der Waals surface area contributed by atoms with Crippen molar-refractivity contribution in [3.05, 3.63) is 35.4 Å². The number of rotatable bonds is 7. The topological polar surface area (TPSA) is 70.1 Å². The van der Waals surface area contributed by atoms with Crippen LogP contribution in [0.25, 0.3) is 0 Å². The summed E-state index contributed by atoms with van der Waals surface area (Å²) in [7, 11) is 1.67. The minimum atomic E-state index is -0.927. The molecule has 8 heteroatoms. The van der Waals surface area contributed by atoms with Gasteiger partial charge < -0.3 is 14.7 Å². The first-order chi connectivity index (χ1) is 11.9. The molecule has 1 aliphatic heterocycles. The van der Waals surface area contributed by atoms with E-state index in [1.165, 1.54) is 12.1 Å². The van der Waals surface area contributed by atoms with Gasteiger partial charge in [-0.25, -0.2) is 8.78 Å². The molecule has 0 saturated carbocycles. The standard InChI is InChI=1S/C17H22F2N2O4/c1-20(11-16(23)24)9-13-10-21(7-8-25-13)15(22)6-5-12-3-2-4-14(18)17(12)19/h2-4,13H,5-11H2,1H3,(H,23,24). The number of hydrogen-bond acceptors (Lipinski definition) is 4. The summed E-state index contributed by atoms with van der Waals surface area (Å²) in [4.78, 5) is 26.3. The predicted octanol–water partition coefficient (Wildman–Crippen LogP) is 1.14. The summed E-state index contributed by atoms with van der Waals surface area (Å²) in [5.74, 6) is -2.91. The van der Waals surface area contributed by atoms with Crippen molar-refractivity contribution in [1.29, 1.82) is 0 Å². The highest BCUT2D eigenvalue weighted by Crippen LogP contribution is 2.15. The van der Waals surface area contributed by atoms with E-state index in [0.29, 0.717) is 26.2 Å². The maximum Gasteiger partial charge on any atom is 0.317 e. The third kappa shape index (κ3) is 5.75. The number of carboxylic acid groups (broad SMARTS) is 1. The number of carbonyl (C=O) groups is 2. The molecule has 1 atom stereocenters. The van der Waals surface area contributed by atoms with Crippen LogP contribution in [0.2, 0.25) is 0 Å². The highest BCUT2D eigenvalue weighted by Gasteiger charge is 2.25. The minimum absolute atomic E-state index is 0.0814. The number of aliphatic carboxylic acids is 1. The lowest BCUT2D eigenvalue weighted by Crippen LogP contribution is -2.49. The van der Waals surface area contributed by atoms with Crippen molar-refractivity contribution in [2.45, 2.75) is 18.9 Å². The zero-order valence-electron chi connectivity index (χ0n) is 14.1. The molecule has 0 bridgehead atoms. The van der Waals surface area contributed by atoms with Gasteiger partial charge >= 0.3 is 5.97 Å². The molecule has 25 heavy (non-hydrogen) atoms. The Morgan fingerprint density at radius 3 is 2.88 bits per heavy atom. The zero-order valence-corrected chi connectivity index (χ0v) is 14.1. The van der Waals surface area contributed by atoms with E-state index in [9.17, 15) is 18.4 Å². The maximum absolute atomic E-state index is 13.6. The Hall–Kier alpha value is -2.06. The number of amides is 1. The quantitative estimate of drug-likeness (QED) is 0.793. The van der Waals surface area contributed by atoms with Crippen molar-refractivity contribution >= 4 is 11.9 Å². The largest absolute Gasteiger partial charge is 0.480 e. The highest BCUT2D eigenvalue weighted by molar-refractivity contribution is 5.76. The monoisotopic (exact) mass is 356 g/mol. The summed E-state index contributed by atoms with van der Waals surface area (Å²) in [6, 6.07) is 3.93. The second kappa shape index (κ2) is 8.87. The Kier molecular flexibility index (Phi) is 6.83. The average Bonchev–Trinajstić information content (AvgIpc) is 2.55. The average molecular weight is 356 g/mol. The number of carbonyl (C=O) groups excluding carboxylic acids is 1. The van der Waals surface area contributed by atoms with E-state index in [1.54, 1.807) is 16.8 Å². The molecule has 1 aliphatic rings. The van der Waals surface area contributed by atoms with Crippen LogP contribution < -0.4 is 0 Å². The van der Waals surface area contributed by atoms with Gasteiger partial charge in [-0.15, -0.1) is 0 Å². The van der Waals surface area contributed by atoms with Gasteiger partial charge in [0.2, 0.25) is 5.91 Å². The van der Waals surface area contributed by atoms with Gasteiger partial charge in [0.1, 0.15) is 0 Å². The van der Waals surface area contributed by atoms with E-state index < -0.39 is 17.6 Å². The van der Waals surface area contributed by atoms with Crippen LogP contribution in [0, 0.1) is 11.6 Å². The summed E-state index contributed by atoms with van der Waals surface area (Å²) < 4.78 is 32.4. The molecule has 1 N–H and O–H groups in total.